The Bertz CT molecular complexity index is 579. The highest BCUT2D eigenvalue weighted by molar-refractivity contribution is 7.17. The Balaban J connectivity index is 2.13. The van der Waals surface area contributed by atoms with Crippen molar-refractivity contribution < 1.29 is 9.90 Å². The lowest BCUT2D eigenvalue weighted by molar-refractivity contribution is 0.132. The van der Waals surface area contributed by atoms with Crippen LogP contribution in [0, 0.1) is 0 Å². The summed E-state index contributed by atoms with van der Waals surface area (Å²) >= 11 is 1.55. The van der Waals surface area contributed by atoms with E-state index in [2.05, 4.69) is 4.98 Å². The molecule has 2 aromatic heterocycles. The van der Waals surface area contributed by atoms with Crippen LogP contribution in [0.4, 0.5) is 0 Å². The van der Waals surface area contributed by atoms with Crippen molar-refractivity contribution in [2.45, 2.75) is 12.6 Å². The molecule has 0 spiro atoms. The van der Waals surface area contributed by atoms with E-state index in [1.807, 2.05) is 16.4 Å². The molecular weight excluding hydrogens is 237 g/mol. The van der Waals surface area contributed by atoms with Crippen molar-refractivity contribution in [1.29, 1.82) is 0 Å². The van der Waals surface area contributed by atoms with Crippen LogP contribution in [0.25, 0.3) is 10.3 Å². The Hall–Kier alpha value is -1.18. The molecule has 7 heteroatoms. The van der Waals surface area contributed by atoms with Crippen LogP contribution >= 0.6 is 11.3 Å². The second-order valence-corrected chi connectivity index (χ2v) is 5.01. The first-order valence-electron chi connectivity index (χ1n) is 5.33. The maximum Gasteiger partial charge on any atom is 0.293 e. The smallest absolute Gasteiger partial charge is 0.293 e. The van der Waals surface area contributed by atoms with Gasteiger partial charge in [0.25, 0.3) is 7.41 Å². The van der Waals surface area contributed by atoms with Crippen LogP contribution in [0.3, 0.4) is 0 Å². The maximum atomic E-state index is 10.5. The standard InChI is InChI=1S/C10H11BN3O2S/c1-13-6-2-14(11-4-15)3-7(16)8(6)9-10(13)12-5-17-9/h4-5,7,16H,2-3H2,1H3. The molecule has 0 saturated heterocycles. The molecule has 0 aliphatic carbocycles. The number of β-amino-alcohol motifs (C(OH)–C–C–N with tert-alkyl or cyclic N) is 1. The third-order valence-electron chi connectivity index (χ3n) is 3.19. The number of fused-ring (bicyclic) bond motifs is 3. The molecule has 2 aromatic rings. The molecule has 1 N–H and O–H groups in total. The molecule has 3 rings (SSSR count). The minimum absolute atomic E-state index is 0.461. The van der Waals surface area contributed by atoms with Crippen LogP contribution in [0.15, 0.2) is 5.51 Å². The molecule has 1 aliphatic rings. The Morgan fingerprint density at radius 3 is 3.29 bits per heavy atom. The molecule has 1 aliphatic heterocycles. The lowest BCUT2D eigenvalue weighted by atomic mass is 9.89. The number of carbonyl (C=O) groups excluding carboxylic acids is 1. The van der Waals surface area contributed by atoms with Gasteiger partial charge in [0.15, 0.2) is 5.65 Å². The first-order valence-corrected chi connectivity index (χ1v) is 6.21. The van der Waals surface area contributed by atoms with Gasteiger partial charge < -0.3 is 19.3 Å². The summed E-state index contributed by atoms with van der Waals surface area (Å²) in [5, 5.41) is 10.2. The summed E-state index contributed by atoms with van der Waals surface area (Å²) in [6.45, 7) is 1.10. The van der Waals surface area contributed by atoms with Crippen LogP contribution < -0.4 is 0 Å². The number of aliphatic hydroxyl groups is 1. The van der Waals surface area contributed by atoms with Crippen LogP contribution in [0.2, 0.25) is 0 Å². The van der Waals surface area contributed by atoms with Crippen LogP contribution in [0.5, 0.6) is 0 Å². The summed E-state index contributed by atoms with van der Waals surface area (Å²) in [7, 11) is 3.42. The van der Waals surface area contributed by atoms with Crippen LogP contribution in [-0.2, 0) is 18.4 Å². The quantitative estimate of drug-likeness (QED) is 0.613. The summed E-state index contributed by atoms with van der Waals surface area (Å²) in [4.78, 5) is 16.6. The maximum absolute atomic E-state index is 10.5. The Kier molecular flexibility index (Phi) is 2.54. The summed E-state index contributed by atoms with van der Waals surface area (Å²) in [5.41, 5.74) is 4.71. The number of carbonyl (C=O) groups is 1. The van der Waals surface area contributed by atoms with Gasteiger partial charge in [0.05, 0.1) is 22.5 Å². The van der Waals surface area contributed by atoms with Gasteiger partial charge in [-0.05, 0) is 0 Å². The van der Waals surface area contributed by atoms with Gasteiger partial charge in [-0.15, -0.1) is 11.3 Å². The van der Waals surface area contributed by atoms with E-state index < -0.39 is 6.10 Å². The molecule has 0 amide bonds. The summed E-state index contributed by atoms with van der Waals surface area (Å²) < 4.78 is 3.05. The van der Waals surface area contributed by atoms with Gasteiger partial charge in [0.2, 0.25) is 0 Å². The summed E-state index contributed by atoms with van der Waals surface area (Å²) in [6.07, 6.45) is 0.195. The van der Waals surface area contributed by atoms with Crippen LogP contribution in [-0.4, -0.2) is 39.6 Å². The molecule has 1 atom stereocenters. The number of hydrogen-bond acceptors (Lipinski definition) is 5. The van der Waals surface area contributed by atoms with Gasteiger partial charge in [-0.2, -0.15) is 0 Å². The van der Waals surface area contributed by atoms with E-state index in [4.69, 9.17) is 0 Å². The van der Waals surface area contributed by atoms with Crippen LogP contribution in [0.1, 0.15) is 17.4 Å². The number of hydrogen-bond donors (Lipinski definition) is 1. The van der Waals surface area contributed by atoms with Gasteiger partial charge in [-0.1, -0.05) is 0 Å². The highest BCUT2D eigenvalue weighted by Gasteiger charge is 2.30. The Labute approximate surface area is 103 Å². The highest BCUT2D eigenvalue weighted by atomic mass is 32.1. The molecule has 1 unspecified atom stereocenters. The van der Waals surface area contributed by atoms with E-state index in [0.29, 0.717) is 13.1 Å². The normalized spacial score (nSPS) is 20.5. The Morgan fingerprint density at radius 2 is 2.53 bits per heavy atom. The van der Waals surface area contributed by atoms with Crippen molar-refractivity contribution >= 4 is 35.3 Å². The lowest BCUT2D eigenvalue weighted by Crippen LogP contribution is -2.37. The van der Waals surface area contributed by atoms with Crippen molar-refractivity contribution in [2.75, 3.05) is 6.54 Å². The fourth-order valence-corrected chi connectivity index (χ4v) is 3.34. The summed E-state index contributed by atoms with van der Waals surface area (Å²) in [6, 6.07) is 0. The molecular formula is C10H11BN3O2S. The minimum atomic E-state index is -0.556. The molecule has 0 bridgehead atoms. The fraction of sp³-hybridized carbons (Fsp3) is 0.400. The zero-order valence-corrected chi connectivity index (χ0v) is 10.1. The number of aromatic nitrogens is 2. The topological polar surface area (TPSA) is 58.4 Å². The van der Waals surface area contributed by atoms with Gasteiger partial charge in [-0.3, -0.25) is 0 Å². The van der Waals surface area contributed by atoms with Gasteiger partial charge in [0.1, 0.15) is 0 Å². The highest BCUT2D eigenvalue weighted by Crippen LogP contribution is 2.36. The molecule has 1 radical (unpaired) electrons. The van der Waals surface area contributed by atoms with Crippen molar-refractivity contribution in [2.24, 2.45) is 7.05 Å². The molecule has 0 fully saturated rings. The molecule has 87 valence electrons. The lowest BCUT2D eigenvalue weighted by Gasteiger charge is -2.29. The molecule has 0 saturated carbocycles. The number of aryl methyl sites for hydroxylation is 1. The molecule has 3 heterocycles. The van der Waals surface area contributed by atoms with E-state index in [1.54, 1.807) is 16.8 Å². The second kappa shape index (κ2) is 3.94. The number of aliphatic hydroxyl groups excluding tert-OH is 1. The number of nitrogens with zero attached hydrogens (tertiary/aromatic N) is 3. The zero-order valence-electron chi connectivity index (χ0n) is 9.33. The molecule has 5 nitrogen and oxygen atoms in total. The van der Waals surface area contributed by atoms with Crippen molar-refractivity contribution in [3.8, 4) is 0 Å². The van der Waals surface area contributed by atoms with Crippen molar-refractivity contribution in [3.63, 3.8) is 0 Å². The monoisotopic (exact) mass is 248 g/mol. The summed E-state index contributed by atoms with van der Waals surface area (Å²) in [5.74, 6) is 0. The predicted octanol–water partition coefficient (Wildman–Crippen LogP) is 0.293. The van der Waals surface area contributed by atoms with E-state index >= 15 is 0 Å². The number of thiazole rings is 1. The van der Waals surface area contributed by atoms with E-state index in [9.17, 15) is 9.90 Å². The Morgan fingerprint density at radius 1 is 1.71 bits per heavy atom. The third kappa shape index (κ3) is 1.54. The van der Waals surface area contributed by atoms with E-state index in [0.717, 1.165) is 27.8 Å². The molecule has 0 aromatic carbocycles. The SMILES string of the molecule is Cn1c2c(c3scnc31)C(O)CN([B]C=O)C2. The van der Waals surface area contributed by atoms with Crippen molar-refractivity contribution in [3.05, 3.63) is 16.8 Å². The van der Waals surface area contributed by atoms with Gasteiger partial charge >= 0.3 is 0 Å². The van der Waals surface area contributed by atoms with Crippen molar-refractivity contribution in [1.82, 2.24) is 14.4 Å². The second-order valence-electron chi connectivity index (χ2n) is 4.15. The van der Waals surface area contributed by atoms with E-state index in [1.165, 1.54) is 7.41 Å². The number of rotatable bonds is 2. The largest absolute Gasteiger partial charge is 0.387 e. The van der Waals surface area contributed by atoms with Gasteiger partial charge in [-0.25, -0.2) is 4.98 Å². The molecule has 17 heavy (non-hydrogen) atoms. The third-order valence-corrected chi connectivity index (χ3v) is 4.04. The first-order chi connectivity index (χ1) is 8.22. The zero-order chi connectivity index (χ0) is 12.0. The first kappa shape index (κ1) is 10.9. The predicted molar refractivity (Wildman–Crippen MR) is 66.5 cm³/mol. The van der Waals surface area contributed by atoms with Gasteiger partial charge in [0, 0.05) is 31.4 Å². The minimum Gasteiger partial charge on any atom is -0.387 e. The average Bonchev–Trinajstić information content (AvgIpc) is 2.84. The average molecular weight is 248 g/mol. The van der Waals surface area contributed by atoms with E-state index in [-0.39, 0.29) is 0 Å². The fourth-order valence-electron chi connectivity index (χ4n) is 2.41.